The van der Waals surface area contributed by atoms with Crippen LogP contribution in [0.15, 0.2) is 53.2 Å². The molecule has 0 saturated heterocycles. The smallest absolute Gasteiger partial charge is 0.345 e. The monoisotopic (exact) mass is 532 g/mol. The molecule has 0 aliphatic heterocycles. The molecule has 13 heteroatoms. The summed E-state index contributed by atoms with van der Waals surface area (Å²) in [6.45, 7) is 1.45. The van der Waals surface area contributed by atoms with Gasteiger partial charge in [0.15, 0.2) is 11.5 Å². The number of anilines is 1. The Morgan fingerprint density at radius 1 is 1.23 bits per heavy atom. The van der Waals surface area contributed by atoms with Crippen LogP contribution >= 0.6 is 23.1 Å². The van der Waals surface area contributed by atoms with E-state index in [1.165, 1.54) is 44.4 Å². The van der Waals surface area contributed by atoms with Crippen molar-refractivity contribution in [3.63, 3.8) is 0 Å². The van der Waals surface area contributed by atoms with Gasteiger partial charge in [0.2, 0.25) is 15.0 Å². The van der Waals surface area contributed by atoms with Crippen molar-refractivity contribution in [2.75, 3.05) is 18.2 Å². The Bertz CT molecular complexity index is 1460. The molecule has 35 heavy (non-hydrogen) atoms. The van der Waals surface area contributed by atoms with E-state index < -0.39 is 26.9 Å². The highest BCUT2D eigenvalue weighted by Crippen LogP contribution is 2.30. The number of hydrogen-bond donors (Lipinski definition) is 1. The summed E-state index contributed by atoms with van der Waals surface area (Å²) in [4.78, 5) is 28.7. The summed E-state index contributed by atoms with van der Waals surface area (Å²) in [5.74, 6) is -1.40. The SMILES string of the molecule is CCS(=O)(=O)c1nsc(NC(=O)C(C#N)=Cc2ccc(OC(=O)c3ccccc3Cl)c(OC)c2)n1. The second-order valence-electron chi connectivity index (χ2n) is 6.69. The van der Waals surface area contributed by atoms with Crippen LogP contribution in [0.3, 0.4) is 0 Å². The molecule has 1 amide bonds. The Labute approximate surface area is 209 Å². The summed E-state index contributed by atoms with van der Waals surface area (Å²) >= 11 is 6.71. The molecule has 0 radical (unpaired) electrons. The van der Waals surface area contributed by atoms with E-state index in [1.807, 2.05) is 0 Å². The zero-order valence-corrected chi connectivity index (χ0v) is 20.7. The number of carbonyl (C=O) groups excluding carboxylic acids is 2. The molecule has 0 atom stereocenters. The number of halogens is 1. The lowest BCUT2D eigenvalue weighted by atomic mass is 10.1. The van der Waals surface area contributed by atoms with Gasteiger partial charge in [0, 0.05) is 11.5 Å². The van der Waals surface area contributed by atoms with Crippen molar-refractivity contribution >= 4 is 56.1 Å². The molecular weight excluding hydrogens is 516 g/mol. The van der Waals surface area contributed by atoms with Gasteiger partial charge in [0.25, 0.3) is 11.1 Å². The maximum Gasteiger partial charge on any atom is 0.345 e. The van der Waals surface area contributed by atoms with Crippen molar-refractivity contribution in [2.45, 2.75) is 12.1 Å². The Morgan fingerprint density at radius 3 is 2.63 bits per heavy atom. The number of methoxy groups -OCH3 is 1. The second kappa shape index (κ2) is 11.1. The molecule has 0 bridgehead atoms. The molecule has 2 aromatic carbocycles. The zero-order chi connectivity index (χ0) is 25.6. The van der Waals surface area contributed by atoms with Gasteiger partial charge in [0.1, 0.15) is 11.6 Å². The van der Waals surface area contributed by atoms with E-state index in [0.29, 0.717) is 17.1 Å². The number of esters is 1. The number of sulfone groups is 1. The van der Waals surface area contributed by atoms with Crippen LogP contribution in [0.1, 0.15) is 22.8 Å². The maximum atomic E-state index is 12.5. The van der Waals surface area contributed by atoms with Crippen LogP contribution in [-0.2, 0) is 14.6 Å². The first-order chi connectivity index (χ1) is 16.7. The molecule has 0 aliphatic carbocycles. The molecule has 0 aliphatic rings. The summed E-state index contributed by atoms with van der Waals surface area (Å²) in [5.41, 5.74) is 0.288. The fraction of sp³-hybridized carbons (Fsp3) is 0.136. The average molecular weight is 533 g/mol. The molecule has 3 aromatic rings. The molecule has 0 fully saturated rings. The lowest BCUT2D eigenvalue weighted by Crippen LogP contribution is -2.14. The number of hydrogen-bond acceptors (Lipinski definition) is 10. The summed E-state index contributed by atoms with van der Waals surface area (Å²) in [7, 11) is -2.26. The van der Waals surface area contributed by atoms with Gasteiger partial charge in [-0.15, -0.1) is 0 Å². The molecular formula is C22H17ClN4O6S2. The molecule has 0 spiro atoms. The maximum absolute atomic E-state index is 12.5. The fourth-order valence-electron chi connectivity index (χ4n) is 2.64. The van der Waals surface area contributed by atoms with Gasteiger partial charge in [-0.25, -0.2) is 13.2 Å². The van der Waals surface area contributed by atoms with Crippen LogP contribution in [0, 0.1) is 11.3 Å². The molecule has 0 saturated carbocycles. The van der Waals surface area contributed by atoms with Crippen LogP contribution in [0.25, 0.3) is 6.08 Å². The lowest BCUT2D eigenvalue weighted by Gasteiger charge is -2.11. The van der Waals surface area contributed by atoms with Crippen molar-refractivity contribution in [1.29, 1.82) is 5.26 Å². The van der Waals surface area contributed by atoms with E-state index in [0.717, 1.165) is 0 Å². The number of ether oxygens (including phenoxy) is 2. The van der Waals surface area contributed by atoms with Gasteiger partial charge in [-0.2, -0.15) is 14.6 Å². The van der Waals surface area contributed by atoms with Gasteiger partial charge in [0.05, 0.1) is 23.4 Å². The number of nitrogens with one attached hydrogen (secondary N) is 1. The van der Waals surface area contributed by atoms with E-state index in [-0.39, 0.29) is 38.5 Å². The van der Waals surface area contributed by atoms with Gasteiger partial charge in [-0.3, -0.25) is 10.1 Å². The molecule has 180 valence electrons. The standard InChI is InChI=1S/C22H17ClN4O6S2/c1-3-35(30,31)22-26-21(34-27-22)25-19(28)14(12-24)10-13-8-9-17(18(11-13)32-2)33-20(29)15-6-4-5-7-16(15)23/h4-11H,3H2,1-2H3,(H,25,26,27,28). The molecule has 10 nitrogen and oxygen atoms in total. The third-order valence-corrected chi connectivity index (χ3v) is 7.02. The van der Waals surface area contributed by atoms with E-state index in [1.54, 1.807) is 24.3 Å². The van der Waals surface area contributed by atoms with Crippen molar-refractivity contribution in [1.82, 2.24) is 9.36 Å². The summed E-state index contributed by atoms with van der Waals surface area (Å²) in [6, 6.07) is 12.6. The van der Waals surface area contributed by atoms with Crippen LogP contribution in [0.5, 0.6) is 11.5 Å². The Kier molecular flexibility index (Phi) is 8.18. The van der Waals surface area contributed by atoms with Crippen LogP contribution in [0.4, 0.5) is 5.13 Å². The highest BCUT2D eigenvalue weighted by molar-refractivity contribution is 7.91. The first-order valence-electron chi connectivity index (χ1n) is 9.82. The molecule has 1 N–H and O–H groups in total. The van der Waals surface area contributed by atoms with Crippen LogP contribution in [0.2, 0.25) is 5.02 Å². The minimum atomic E-state index is -3.63. The normalized spacial score (nSPS) is 11.4. The Morgan fingerprint density at radius 2 is 1.97 bits per heavy atom. The number of nitriles is 1. The lowest BCUT2D eigenvalue weighted by molar-refractivity contribution is -0.112. The van der Waals surface area contributed by atoms with E-state index >= 15 is 0 Å². The minimum absolute atomic E-state index is 0.0670. The summed E-state index contributed by atoms with van der Waals surface area (Å²) in [6.07, 6.45) is 1.28. The zero-order valence-electron chi connectivity index (χ0n) is 18.3. The average Bonchev–Trinajstić information content (AvgIpc) is 3.32. The van der Waals surface area contributed by atoms with Crippen molar-refractivity contribution in [3.8, 4) is 17.6 Å². The summed E-state index contributed by atoms with van der Waals surface area (Å²) in [5, 5.41) is 11.6. The molecule has 1 aromatic heterocycles. The highest BCUT2D eigenvalue weighted by Gasteiger charge is 2.20. The second-order valence-corrected chi connectivity index (χ2v) is 10.0. The largest absolute Gasteiger partial charge is 0.493 e. The first-order valence-corrected chi connectivity index (χ1v) is 12.6. The quantitative estimate of drug-likeness (QED) is 0.198. The van der Waals surface area contributed by atoms with Crippen LogP contribution < -0.4 is 14.8 Å². The number of amides is 1. The van der Waals surface area contributed by atoms with Gasteiger partial charge < -0.3 is 9.47 Å². The number of aromatic nitrogens is 2. The predicted molar refractivity (Wildman–Crippen MR) is 129 cm³/mol. The highest BCUT2D eigenvalue weighted by atomic mass is 35.5. The third-order valence-electron chi connectivity index (χ3n) is 4.45. The number of nitrogens with zero attached hydrogens (tertiary/aromatic N) is 3. The number of carbonyl (C=O) groups is 2. The van der Waals surface area contributed by atoms with E-state index in [4.69, 9.17) is 21.1 Å². The van der Waals surface area contributed by atoms with Gasteiger partial charge in [-0.1, -0.05) is 36.7 Å². The van der Waals surface area contributed by atoms with Crippen molar-refractivity contribution in [2.24, 2.45) is 0 Å². The van der Waals surface area contributed by atoms with Gasteiger partial charge >= 0.3 is 5.97 Å². The number of rotatable bonds is 8. The first kappa shape index (κ1) is 25.8. The van der Waals surface area contributed by atoms with E-state index in [2.05, 4.69) is 14.7 Å². The predicted octanol–water partition coefficient (Wildman–Crippen LogP) is 3.76. The Hall–Kier alpha value is -3.79. The Balaban J connectivity index is 1.79. The van der Waals surface area contributed by atoms with Gasteiger partial charge in [-0.05, 0) is 35.9 Å². The third kappa shape index (κ3) is 6.21. The molecule has 3 rings (SSSR count). The number of benzene rings is 2. The minimum Gasteiger partial charge on any atom is -0.493 e. The topological polar surface area (TPSA) is 148 Å². The van der Waals surface area contributed by atoms with Crippen LogP contribution in [-0.4, -0.2) is 42.5 Å². The fourth-order valence-corrected chi connectivity index (χ4v) is 4.43. The molecule has 1 heterocycles. The molecule has 0 unspecified atom stereocenters. The van der Waals surface area contributed by atoms with E-state index in [9.17, 15) is 23.3 Å². The van der Waals surface area contributed by atoms with Crippen molar-refractivity contribution < 1.29 is 27.5 Å². The summed E-state index contributed by atoms with van der Waals surface area (Å²) < 4.78 is 38.1. The van der Waals surface area contributed by atoms with Crippen molar-refractivity contribution in [3.05, 3.63) is 64.2 Å².